The largest absolute Gasteiger partial charge is 0.385 e. The van der Waals surface area contributed by atoms with Gasteiger partial charge in [0.1, 0.15) is 0 Å². The average molecular weight is 315 g/mol. The first-order valence-electron chi connectivity index (χ1n) is 8.42. The van der Waals surface area contributed by atoms with E-state index in [0.717, 1.165) is 18.0 Å². The van der Waals surface area contributed by atoms with Gasteiger partial charge in [0.2, 0.25) is 0 Å². The molecule has 2 nitrogen and oxygen atoms in total. The summed E-state index contributed by atoms with van der Waals surface area (Å²) >= 11 is 1.78. The zero-order valence-electron chi connectivity index (χ0n) is 13.5. The molecule has 0 amide bonds. The van der Waals surface area contributed by atoms with Gasteiger partial charge in [-0.3, -0.25) is 0 Å². The fraction of sp³-hybridized carbons (Fsp3) is 0.579. The molecule has 4 atom stereocenters. The Balaban J connectivity index is 1.79. The Morgan fingerprint density at radius 2 is 2.09 bits per heavy atom. The van der Waals surface area contributed by atoms with Crippen LogP contribution in [0.5, 0.6) is 0 Å². The van der Waals surface area contributed by atoms with Crippen molar-refractivity contribution in [3.8, 4) is 0 Å². The highest BCUT2D eigenvalue weighted by molar-refractivity contribution is 7.17. The van der Waals surface area contributed by atoms with Crippen LogP contribution in [0.15, 0.2) is 29.6 Å². The Labute approximate surface area is 136 Å². The first-order valence-corrected chi connectivity index (χ1v) is 9.30. The second-order valence-electron chi connectivity index (χ2n) is 7.57. The maximum Gasteiger partial charge on any atom is 0.0965 e. The zero-order chi connectivity index (χ0) is 15.3. The van der Waals surface area contributed by atoms with Gasteiger partial charge in [0.15, 0.2) is 0 Å². The second-order valence-corrected chi connectivity index (χ2v) is 8.52. The van der Waals surface area contributed by atoms with Crippen molar-refractivity contribution in [1.82, 2.24) is 4.90 Å². The fourth-order valence-corrected chi connectivity index (χ4v) is 5.72. The molecule has 22 heavy (non-hydrogen) atoms. The van der Waals surface area contributed by atoms with Gasteiger partial charge in [-0.1, -0.05) is 12.5 Å². The van der Waals surface area contributed by atoms with Crippen molar-refractivity contribution in [1.29, 1.82) is 0 Å². The molecule has 4 unspecified atom stereocenters. The number of rotatable bonds is 3. The van der Waals surface area contributed by atoms with Gasteiger partial charge in [-0.05, 0) is 79.7 Å². The van der Waals surface area contributed by atoms with E-state index in [-0.39, 0.29) is 0 Å². The molecule has 2 aliphatic carbocycles. The van der Waals surface area contributed by atoms with Crippen LogP contribution in [0.4, 0.5) is 0 Å². The maximum atomic E-state index is 11.8. The molecular weight excluding hydrogens is 290 g/mol. The lowest BCUT2D eigenvalue weighted by Gasteiger charge is -2.46. The van der Waals surface area contributed by atoms with Crippen molar-refractivity contribution in [3.05, 3.63) is 35.2 Å². The monoisotopic (exact) mass is 315 g/mol. The van der Waals surface area contributed by atoms with E-state index >= 15 is 0 Å². The Kier molecular flexibility index (Phi) is 3.55. The molecule has 0 spiro atoms. The van der Waals surface area contributed by atoms with E-state index in [1.165, 1.54) is 35.8 Å². The molecule has 2 bridgehead atoms. The van der Waals surface area contributed by atoms with Gasteiger partial charge in [0, 0.05) is 17.2 Å². The van der Waals surface area contributed by atoms with Gasteiger partial charge in [0.25, 0.3) is 0 Å². The van der Waals surface area contributed by atoms with Crippen molar-refractivity contribution in [3.63, 3.8) is 0 Å². The molecule has 1 N–H and O–H groups in total. The molecule has 2 aromatic rings. The third-order valence-corrected chi connectivity index (χ3v) is 6.80. The zero-order valence-corrected chi connectivity index (χ0v) is 14.3. The average Bonchev–Trinajstić information content (AvgIpc) is 3.11. The minimum Gasteiger partial charge on any atom is -0.385 e. The third-order valence-electron chi connectivity index (χ3n) is 5.90. The van der Waals surface area contributed by atoms with Gasteiger partial charge in [-0.2, -0.15) is 0 Å². The van der Waals surface area contributed by atoms with E-state index in [4.69, 9.17) is 0 Å². The number of benzene rings is 1. The van der Waals surface area contributed by atoms with E-state index in [1.807, 2.05) is 0 Å². The highest BCUT2D eigenvalue weighted by Gasteiger charge is 2.52. The number of nitrogens with zero attached hydrogens (tertiary/aromatic N) is 1. The van der Waals surface area contributed by atoms with E-state index in [2.05, 4.69) is 48.6 Å². The molecule has 0 radical (unpaired) electrons. The Bertz CT molecular complexity index is 679. The first-order chi connectivity index (χ1) is 10.6. The molecule has 1 heterocycles. The van der Waals surface area contributed by atoms with Crippen LogP contribution in [-0.2, 0) is 5.60 Å². The molecule has 0 aliphatic heterocycles. The fourth-order valence-electron chi connectivity index (χ4n) is 4.95. The van der Waals surface area contributed by atoms with Gasteiger partial charge in [0.05, 0.1) is 5.60 Å². The molecule has 2 fully saturated rings. The molecule has 1 aromatic heterocycles. The smallest absolute Gasteiger partial charge is 0.0965 e. The van der Waals surface area contributed by atoms with E-state index in [9.17, 15) is 5.11 Å². The summed E-state index contributed by atoms with van der Waals surface area (Å²) in [6.45, 7) is 0.977. The first kappa shape index (κ1) is 14.7. The molecule has 118 valence electrons. The number of hydrogen-bond acceptors (Lipinski definition) is 3. The van der Waals surface area contributed by atoms with Crippen molar-refractivity contribution < 1.29 is 5.11 Å². The number of thiophene rings is 1. The quantitative estimate of drug-likeness (QED) is 0.922. The van der Waals surface area contributed by atoms with E-state index in [1.54, 1.807) is 11.3 Å². The van der Waals surface area contributed by atoms with Gasteiger partial charge < -0.3 is 10.0 Å². The van der Waals surface area contributed by atoms with Crippen LogP contribution in [-0.4, -0.2) is 30.6 Å². The highest BCUT2D eigenvalue weighted by atomic mass is 32.1. The van der Waals surface area contributed by atoms with Crippen LogP contribution in [0.25, 0.3) is 10.1 Å². The van der Waals surface area contributed by atoms with Gasteiger partial charge in [-0.15, -0.1) is 11.3 Å². The Morgan fingerprint density at radius 3 is 2.91 bits per heavy atom. The predicted molar refractivity (Wildman–Crippen MR) is 93.2 cm³/mol. The van der Waals surface area contributed by atoms with Gasteiger partial charge in [-0.25, -0.2) is 0 Å². The SMILES string of the molecule is CN(C)CC1CC2CCC(C2)C1(O)c1ccc2sccc2c1. The normalized spacial score (nSPS) is 34.6. The van der Waals surface area contributed by atoms with Crippen LogP contribution in [0, 0.1) is 17.8 Å². The summed E-state index contributed by atoms with van der Waals surface area (Å²) in [4.78, 5) is 2.24. The van der Waals surface area contributed by atoms with Crippen molar-refractivity contribution in [2.24, 2.45) is 17.8 Å². The van der Waals surface area contributed by atoms with E-state index in [0.29, 0.717) is 11.8 Å². The molecule has 2 saturated carbocycles. The number of aliphatic hydroxyl groups is 1. The van der Waals surface area contributed by atoms with Crippen molar-refractivity contribution in [2.45, 2.75) is 31.3 Å². The van der Waals surface area contributed by atoms with Crippen molar-refractivity contribution in [2.75, 3.05) is 20.6 Å². The van der Waals surface area contributed by atoms with Gasteiger partial charge >= 0.3 is 0 Å². The van der Waals surface area contributed by atoms with Crippen LogP contribution >= 0.6 is 11.3 Å². The molecule has 3 heteroatoms. The Morgan fingerprint density at radius 1 is 1.23 bits per heavy atom. The predicted octanol–water partition coefficient (Wildman–Crippen LogP) is 4.09. The lowest BCUT2D eigenvalue weighted by Crippen LogP contribution is -2.48. The topological polar surface area (TPSA) is 23.5 Å². The summed E-state index contributed by atoms with van der Waals surface area (Å²) in [7, 11) is 4.25. The van der Waals surface area contributed by atoms with Crippen molar-refractivity contribution >= 4 is 21.4 Å². The molecule has 1 aromatic carbocycles. The highest BCUT2D eigenvalue weighted by Crippen LogP contribution is 2.55. The molecular formula is C19H25NOS. The number of hydrogen-bond donors (Lipinski definition) is 1. The third kappa shape index (κ3) is 2.22. The van der Waals surface area contributed by atoms with E-state index < -0.39 is 5.60 Å². The van der Waals surface area contributed by atoms with Crippen LogP contribution in [0.2, 0.25) is 0 Å². The van der Waals surface area contributed by atoms with Crippen LogP contribution < -0.4 is 0 Å². The van der Waals surface area contributed by atoms with Crippen LogP contribution in [0.3, 0.4) is 0 Å². The summed E-state index contributed by atoms with van der Waals surface area (Å²) in [5.41, 5.74) is 0.503. The summed E-state index contributed by atoms with van der Waals surface area (Å²) in [6.07, 6.45) is 4.87. The summed E-state index contributed by atoms with van der Waals surface area (Å²) in [5.74, 6) is 1.62. The Hall–Kier alpha value is -0.900. The second kappa shape index (κ2) is 5.33. The van der Waals surface area contributed by atoms with Crippen LogP contribution in [0.1, 0.15) is 31.2 Å². The molecule has 2 aliphatic rings. The number of fused-ring (bicyclic) bond motifs is 3. The lowest BCUT2D eigenvalue weighted by molar-refractivity contribution is -0.103. The lowest BCUT2D eigenvalue weighted by atomic mass is 9.65. The maximum absolute atomic E-state index is 11.8. The standard InChI is InChI=1S/C19H25NOS/c1-20(2)12-17-10-13-3-4-15(9-13)19(17,21)16-5-6-18-14(11-16)7-8-22-18/h5-8,11,13,15,17,21H,3-4,9-10,12H2,1-2H3. The summed E-state index contributed by atoms with van der Waals surface area (Å²) < 4.78 is 1.32. The molecule has 4 rings (SSSR count). The minimum atomic E-state index is -0.645. The molecule has 0 saturated heterocycles. The minimum absolute atomic E-state index is 0.352. The summed E-state index contributed by atoms with van der Waals surface area (Å²) in [5, 5.41) is 15.2. The summed E-state index contributed by atoms with van der Waals surface area (Å²) in [6, 6.07) is 8.79.